The van der Waals surface area contributed by atoms with E-state index in [9.17, 15) is 14.5 Å². The highest BCUT2D eigenvalue weighted by Crippen LogP contribution is 2.30. The van der Waals surface area contributed by atoms with Gasteiger partial charge in [0.1, 0.15) is 11.5 Å². The van der Waals surface area contributed by atoms with Crippen molar-refractivity contribution in [3.8, 4) is 0 Å². The van der Waals surface area contributed by atoms with Gasteiger partial charge in [-0.05, 0) is 12.6 Å². The van der Waals surface area contributed by atoms with Crippen LogP contribution in [0.5, 0.6) is 0 Å². The fourth-order valence-corrected chi connectivity index (χ4v) is 2.41. The van der Waals surface area contributed by atoms with Crippen molar-refractivity contribution in [3.63, 3.8) is 0 Å². The van der Waals surface area contributed by atoms with Crippen molar-refractivity contribution in [1.82, 2.24) is 4.90 Å². The third-order valence-corrected chi connectivity index (χ3v) is 3.72. The number of rotatable bonds is 5. The summed E-state index contributed by atoms with van der Waals surface area (Å²) in [7, 11) is 0. The molecule has 0 saturated carbocycles. The monoisotopic (exact) mass is 317 g/mol. The lowest BCUT2D eigenvalue weighted by atomic mass is 10.2. The minimum atomic E-state index is -0.806. The summed E-state index contributed by atoms with van der Waals surface area (Å²) in [5.41, 5.74) is -0.135. The summed E-state index contributed by atoms with van der Waals surface area (Å²) in [6.07, 6.45) is -0.0675. The molecule has 1 fully saturated rings. The van der Waals surface area contributed by atoms with Gasteiger partial charge in [-0.1, -0.05) is 18.5 Å². The standard InChI is InChI=1S/C13H17ClFN3O3/c1-2-17-3-4-21-9(8-17)7-16-12-5-10(14)11(15)6-13(12)18(19)20/h5-6,9,16H,2-4,7-8H2,1H3. The molecule has 1 atom stereocenters. The van der Waals surface area contributed by atoms with E-state index in [1.165, 1.54) is 6.07 Å². The number of benzene rings is 1. The predicted octanol–water partition coefficient (Wildman–Crippen LogP) is 2.52. The second-order valence-corrected chi connectivity index (χ2v) is 5.21. The average molecular weight is 318 g/mol. The number of nitro benzene ring substituents is 1. The van der Waals surface area contributed by atoms with E-state index in [0.717, 1.165) is 25.7 Å². The molecule has 0 aliphatic carbocycles. The largest absolute Gasteiger partial charge is 0.377 e. The zero-order valence-electron chi connectivity index (χ0n) is 11.6. The molecule has 1 aromatic carbocycles. The van der Waals surface area contributed by atoms with Crippen molar-refractivity contribution in [2.24, 2.45) is 0 Å². The highest BCUT2D eigenvalue weighted by Gasteiger charge is 2.22. The summed E-state index contributed by atoms with van der Waals surface area (Å²) in [4.78, 5) is 12.6. The number of hydrogen-bond donors (Lipinski definition) is 1. The molecular formula is C13H17ClFN3O3. The molecular weight excluding hydrogens is 301 g/mol. The number of nitrogens with zero attached hydrogens (tertiary/aromatic N) is 2. The first kappa shape index (κ1) is 15.9. The lowest BCUT2D eigenvalue weighted by Crippen LogP contribution is -2.45. The Hall–Kier alpha value is -1.44. The Labute approximate surface area is 127 Å². The molecule has 21 heavy (non-hydrogen) atoms. The Bertz CT molecular complexity index is 530. The van der Waals surface area contributed by atoms with E-state index in [4.69, 9.17) is 16.3 Å². The van der Waals surface area contributed by atoms with Crippen LogP contribution < -0.4 is 5.32 Å². The molecule has 0 bridgehead atoms. The quantitative estimate of drug-likeness (QED) is 0.667. The number of nitro groups is 1. The van der Waals surface area contributed by atoms with Crippen molar-refractivity contribution in [3.05, 3.63) is 33.1 Å². The molecule has 0 amide bonds. The number of nitrogens with one attached hydrogen (secondary N) is 1. The van der Waals surface area contributed by atoms with Gasteiger partial charge in [-0.15, -0.1) is 0 Å². The fraction of sp³-hybridized carbons (Fsp3) is 0.538. The molecule has 1 aliphatic rings. The molecule has 1 heterocycles. The van der Waals surface area contributed by atoms with Gasteiger partial charge in [-0.3, -0.25) is 15.0 Å². The summed E-state index contributed by atoms with van der Waals surface area (Å²) in [5, 5.41) is 13.7. The van der Waals surface area contributed by atoms with Crippen LogP contribution in [0.15, 0.2) is 12.1 Å². The fourth-order valence-electron chi connectivity index (χ4n) is 2.24. The van der Waals surface area contributed by atoms with Crippen LogP contribution in [0.3, 0.4) is 0 Å². The van der Waals surface area contributed by atoms with Crippen LogP contribution in [-0.4, -0.2) is 48.7 Å². The molecule has 1 saturated heterocycles. The highest BCUT2D eigenvalue weighted by molar-refractivity contribution is 6.31. The molecule has 1 aromatic rings. The molecule has 8 heteroatoms. The van der Waals surface area contributed by atoms with Crippen molar-refractivity contribution in [2.75, 3.05) is 38.1 Å². The van der Waals surface area contributed by atoms with E-state index in [0.29, 0.717) is 13.2 Å². The summed E-state index contributed by atoms with van der Waals surface area (Å²) in [6.45, 7) is 5.68. The smallest absolute Gasteiger partial charge is 0.295 e. The van der Waals surface area contributed by atoms with E-state index < -0.39 is 10.7 Å². The Morgan fingerprint density at radius 3 is 3.05 bits per heavy atom. The molecule has 0 radical (unpaired) electrons. The van der Waals surface area contributed by atoms with Crippen LogP contribution in [0.4, 0.5) is 15.8 Å². The van der Waals surface area contributed by atoms with Crippen LogP contribution in [0.1, 0.15) is 6.92 Å². The number of likely N-dealkylation sites (N-methyl/N-ethyl adjacent to an activating group) is 1. The zero-order chi connectivity index (χ0) is 15.4. The molecule has 116 valence electrons. The Kier molecular flexibility index (Phi) is 5.33. The molecule has 2 rings (SSSR count). The van der Waals surface area contributed by atoms with Crippen LogP contribution in [0.2, 0.25) is 5.02 Å². The molecule has 1 N–H and O–H groups in total. The minimum Gasteiger partial charge on any atom is -0.377 e. The number of anilines is 1. The zero-order valence-corrected chi connectivity index (χ0v) is 12.4. The predicted molar refractivity (Wildman–Crippen MR) is 78.4 cm³/mol. The van der Waals surface area contributed by atoms with Crippen molar-refractivity contribution < 1.29 is 14.1 Å². The summed E-state index contributed by atoms with van der Waals surface area (Å²) in [5.74, 6) is -0.806. The molecule has 0 aromatic heterocycles. The van der Waals surface area contributed by atoms with Crippen LogP contribution in [0.25, 0.3) is 0 Å². The topological polar surface area (TPSA) is 67.6 Å². The second-order valence-electron chi connectivity index (χ2n) is 4.81. The number of halogens is 2. The lowest BCUT2D eigenvalue weighted by molar-refractivity contribution is -0.384. The maximum Gasteiger partial charge on any atom is 0.295 e. The van der Waals surface area contributed by atoms with Crippen molar-refractivity contribution in [2.45, 2.75) is 13.0 Å². The van der Waals surface area contributed by atoms with E-state index in [1.54, 1.807) is 0 Å². The number of ether oxygens (including phenoxy) is 1. The molecule has 0 spiro atoms. The summed E-state index contributed by atoms with van der Waals surface area (Å²) in [6, 6.07) is 2.06. The molecule has 1 aliphatic heterocycles. The van der Waals surface area contributed by atoms with Crippen LogP contribution >= 0.6 is 11.6 Å². The second kappa shape index (κ2) is 7.02. The first-order chi connectivity index (χ1) is 10.0. The van der Waals surface area contributed by atoms with Gasteiger partial charge in [0.05, 0.1) is 28.7 Å². The highest BCUT2D eigenvalue weighted by atomic mass is 35.5. The van der Waals surface area contributed by atoms with E-state index in [2.05, 4.69) is 17.1 Å². The third kappa shape index (κ3) is 4.03. The summed E-state index contributed by atoms with van der Waals surface area (Å²) < 4.78 is 18.9. The normalized spacial score (nSPS) is 19.5. The van der Waals surface area contributed by atoms with E-state index in [1.807, 2.05) is 0 Å². The van der Waals surface area contributed by atoms with Gasteiger partial charge in [0.15, 0.2) is 0 Å². The minimum absolute atomic E-state index is 0.0675. The van der Waals surface area contributed by atoms with Gasteiger partial charge in [0.25, 0.3) is 5.69 Å². The van der Waals surface area contributed by atoms with Gasteiger partial charge in [-0.2, -0.15) is 0 Å². The van der Waals surface area contributed by atoms with Gasteiger partial charge in [-0.25, -0.2) is 4.39 Å². The van der Waals surface area contributed by atoms with E-state index >= 15 is 0 Å². The third-order valence-electron chi connectivity index (χ3n) is 3.43. The molecule has 1 unspecified atom stereocenters. The first-order valence-corrected chi connectivity index (χ1v) is 7.10. The van der Waals surface area contributed by atoms with Crippen LogP contribution in [0, 0.1) is 15.9 Å². The van der Waals surface area contributed by atoms with Crippen molar-refractivity contribution in [1.29, 1.82) is 0 Å². The lowest BCUT2D eigenvalue weighted by Gasteiger charge is -2.32. The van der Waals surface area contributed by atoms with Gasteiger partial charge in [0.2, 0.25) is 0 Å². The van der Waals surface area contributed by atoms with Gasteiger partial charge >= 0.3 is 0 Å². The Balaban J connectivity index is 2.05. The maximum absolute atomic E-state index is 13.3. The summed E-state index contributed by atoms with van der Waals surface area (Å²) >= 11 is 5.68. The number of hydrogen-bond acceptors (Lipinski definition) is 5. The first-order valence-electron chi connectivity index (χ1n) is 6.72. The SMILES string of the molecule is CCN1CCOC(CNc2cc(Cl)c(F)cc2[N+](=O)[O-])C1. The Morgan fingerprint density at radius 1 is 1.62 bits per heavy atom. The number of morpholine rings is 1. The molecule has 6 nitrogen and oxygen atoms in total. The van der Waals surface area contributed by atoms with Crippen molar-refractivity contribution >= 4 is 23.0 Å². The maximum atomic E-state index is 13.3. The van der Waals surface area contributed by atoms with E-state index in [-0.39, 0.29) is 22.5 Å². The average Bonchev–Trinajstić information content (AvgIpc) is 2.48. The van der Waals surface area contributed by atoms with Crippen LogP contribution in [-0.2, 0) is 4.74 Å². The van der Waals surface area contributed by atoms with Gasteiger partial charge in [0, 0.05) is 19.6 Å². The Morgan fingerprint density at radius 2 is 2.38 bits per heavy atom. The van der Waals surface area contributed by atoms with Gasteiger partial charge < -0.3 is 10.1 Å².